The molecule has 2 atom stereocenters. The predicted octanol–water partition coefficient (Wildman–Crippen LogP) is 4.91. The van der Waals surface area contributed by atoms with Gasteiger partial charge in [0.1, 0.15) is 10.8 Å². The monoisotopic (exact) mass is 475 g/mol. The minimum atomic E-state index is -4.74. The first-order valence-corrected chi connectivity index (χ1v) is 11.3. The molecule has 1 aliphatic heterocycles. The molecule has 174 valence electrons. The van der Waals surface area contributed by atoms with Crippen molar-refractivity contribution in [2.75, 3.05) is 29.6 Å². The highest BCUT2D eigenvalue weighted by Gasteiger charge is 2.43. The molecule has 6 nitrogen and oxygen atoms in total. The topological polar surface area (TPSA) is 82.0 Å². The number of amides is 1. The molecule has 0 radical (unpaired) electrons. The van der Waals surface area contributed by atoms with E-state index in [2.05, 4.69) is 15.3 Å². The molecule has 1 amide bonds. The van der Waals surface area contributed by atoms with Crippen molar-refractivity contribution < 1.29 is 26.7 Å². The van der Waals surface area contributed by atoms with E-state index in [0.717, 1.165) is 6.92 Å². The minimum absolute atomic E-state index is 0.0691. The standard InChI is InChI=1S/C20H22F5N5OS/c1-11-10-30(7-5-19(11,21)22)17-16(12(2)14(9-28-17)20(23,24)25)18(31)29-13-4-6-27-15(8-13)32(3)26/h4,6,8-9,11,26H,5,7,10H2,1-3H3,(H,27,29,31)/t11?,32-/m0/s1. The fourth-order valence-electron chi connectivity index (χ4n) is 3.51. The summed E-state index contributed by atoms with van der Waals surface area (Å²) in [6, 6.07) is 2.92. The van der Waals surface area contributed by atoms with Gasteiger partial charge >= 0.3 is 6.18 Å². The van der Waals surface area contributed by atoms with E-state index >= 15 is 0 Å². The van der Waals surface area contributed by atoms with Crippen molar-refractivity contribution in [3.8, 4) is 0 Å². The number of aromatic nitrogens is 2. The van der Waals surface area contributed by atoms with Crippen LogP contribution in [0.15, 0.2) is 29.6 Å². The van der Waals surface area contributed by atoms with Gasteiger partial charge in [0.15, 0.2) is 0 Å². The van der Waals surface area contributed by atoms with Crippen molar-refractivity contribution in [2.24, 2.45) is 5.92 Å². The number of anilines is 2. The number of nitrogens with one attached hydrogen (secondary N) is 2. The number of rotatable bonds is 4. The highest BCUT2D eigenvalue weighted by molar-refractivity contribution is 7.85. The van der Waals surface area contributed by atoms with E-state index in [4.69, 9.17) is 4.78 Å². The van der Waals surface area contributed by atoms with Crippen molar-refractivity contribution in [2.45, 2.75) is 37.4 Å². The molecule has 0 saturated carbocycles. The fraction of sp³-hybridized carbons (Fsp3) is 0.450. The van der Waals surface area contributed by atoms with Crippen LogP contribution < -0.4 is 10.2 Å². The van der Waals surface area contributed by atoms with Crippen molar-refractivity contribution in [1.82, 2.24) is 9.97 Å². The highest BCUT2D eigenvalue weighted by Crippen LogP contribution is 2.39. The molecule has 1 unspecified atom stereocenters. The summed E-state index contributed by atoms with van der Waals surface area (Å²) >= 11 is 0. The van der Waals surface area contributed by atoms with Crippen LogP contribution in [0.25, 0.3) is 0 Å². The number of piperidine rings is 1. The Labute approximate surface area is 184 Å². The van der Waals surface area contributed by atoms with Crippen molar-refractivity contribution in [1.29, 1.82) is 4.78 Å². The SMILES string of the molecule is Cc1c(C(F)(F)F)cnc(N2CCC(F)(F)C(C)C2)c1C(=O)Nc1ccnc([S@](C)=N)c1. The van der Waals surface area contributed by atoms with Crippen LogP contribution in [0.5, 0.6) is 0 Å². The summed E-state index contributed by atoms with van der Waals surface area (Å²) in [7, 11) is -0.941. The largest absolute Gasteiger partial charge is 0.418 e. The van der Waals surface area contributed by atoms with Gasteiger partial charge in [0.05, 0.1) is 11.1 Å². The average Bonchev–Trinajstić information content (AvgIpc) is 2.69. The average molecular weight is 475 g/mol. The zero-order valence-corrected chi connectivity index (χ0v) is 18.4. The maximum Gasteiger partial charge on any atom is 0.418 e. The number of alkyl halides is 5. The number of nitrogens with zero attached hydrogens (tertiary/aromatic N) is 3. The summed E-state index contributed by atoms with van der Waals surface area (Å²) in [6.45, 7) is 2.22. The maximum absolute atomic E-state index is 13.9. The summed E-state index contributed by atoms with van der Waals surface area (Å²) < 4.78 is 76.1. The Morgan fingerprint density at radius 1 is 1.34 bits per heavy atom. The number of hydrogen-bond donors (Lipinski definition) is 2. The van der Waals surface area contributed by atoms with Crippen LogP contribution in [0.3, 0.4) is 0 Å². The lowest BCUT2D eigenvalue weighted by molar-refractivity contribution is -0.138. The van der Waals surface area contributed by atoms with E-state index in [1.165, 1.54) is 30.2 Å². The molecule has 0 aliphatic carbocycles. The molecule has 3 heterocycles. The van der Waals surface area contributed by atoms with Gasteiger partial charge in [-0.2, -0.15) is 13.2 Å². The summed E-state index contributed by atoms with van der Waals surface area (Å²) in [5.41, 5.74) is -1.47. The lowest BCUT2D eigenvalue weighted by atomic mass is 9.94. The molecule has 2 aromatic heterocycles. The van der Waals surface area contributed by atoms with Crippen molar-refractivity contribution in [3.63, 3.8) is 0 Å². The van der Waals surface area contributed by atoms with Crippen LogP contribution in [0, 0.1) is 17.6 Å². The smallest absolute Gasteiger partial charge is 0.355 e. The summed E-state index contributed by atoms with van der Waals surface area (Å²) in [6.07, 6.45) is -1.60. The van der Waals surface area contributed by atoms with Gasteiger partial charge in [0.25, 0.3) is 11.8 Å². The number of pyridine rings is 2. The first kappa shape index (κ1) is 24.0. The third-order valence-electron chi connectivity index (χ3n) is 5.39. The molecule has 3 rings (SSSR count). The molecule has 12 heteroatoms. The second-order valence-electron chi connectivity index (χ2n) is 7.70. The third-order valence-corrected chi connectivity index (χ3v) is 6.24. The summed E-state index contributed by atoms with van der Waals surface area (Å²) in [5.74, 6) is -4.88. The predicted molar refractivity (Wildman–Crippen MR) is 111 cm³/mol. The molecule has 1 fully saturated rings. The molecular weight excluding hydrogens is 453 g/mol. The Morgan fingerprint density at radius 2 is 2.03 bits per heavy atom. The number of carbonyl (C=O) groups is 1. The second-order valence-corrected chi connectivity index (χ2v) is 9.14. The van der Waals surface area contributed by atoms with E-state index in [9.17, 15) is 26.7 Å². The van der Waals surface area contributed by atoms with Crippen LogP contribution in [0.4, 0.5) is 33.5 Å². The molecule has 32 heavy (non-hydrogen) atoms. The number of halogens is 5. The molecule has 0 spiro atoms. The zero-order valence-electron chi connectivity index (χ0n) is 17.6. The molecule has 2 N–H and O–H groups in total. The molecule has 2 aromatic rings. The summed E-state index contributed by atoms with van der Waals surface area (Å²) in [5, 5.41) is 2.94. The van der Waals surface area contributed by atoms with Crippen LogP contribution >= 0.6 is 0 Å². The molecule has 1 aliphatic rings. The van der Waals surface area contributed by atoms with Gasteiger partial charge in [-0.05, 0) is 30.9 Å². The van der Waals surface area contributed by atoms with Gasteiger partial charge in [-0.1, -0.05) is 17.6 Å². The summed E-state index contributed by atoms with van der Waals surface area (Å²) in [4.78, 5) is 22.4. The van der Waals surface area contributed by atoms with Gasteiger partial charge < -0.3 is 10.2 Å². The second kappa shape index (κ2) is 8.72. The van der Waals surface area contributed by atoms with E-state index in [-0.39, 0.29) is 35.7 Å². The molecule has 1 saturated heterocycles. The maximum atomic E-state index is 13.9. The lowest BCUT2D eigenvalue weighted by Crippen LogP contribution is -2.47. The number of hydrogen-bond acceptors (Lipinski definition) is 5. The Morgan fingerprint density at radius 3 is 2.62 bits per heavy atom. The Kier molecular flexibility index (Phi) is 6.55. The normalized spacial score (nSPS) is 19.5. The van der Waals surface area contributed by atoms with Gasteiger partial charge in [0.2, 0.25) is 0 Å². The first-order valence-electron chi connectivity index (χ1n) is 9.65. The van der Waals surface area contributed by atoms with E-state index in [1.807, 2.05) is 0 Å². The van der Waals surface area contributed by atoms with E-state index in [0.29, 0.717) is 11.2 Å². The minimum Gasteiger partial charge on any atom is -0.355 e. The van der Waals surface area contributed by atoms with Gasteiger partial charge in [-0.25, -0.2) is 18.7 Å². The Hall–Kier alpha value is -2.63. The van der Waals surface area contributed by atoms with Crippen LogP contribution in [0.2, 0.25) is 0 Å². The fourth-order valence-corrected chi connectivity index (χ4v) is 4.04. The van der Waals surface area contributed by atoms with Crippen molar-refractivity contribution in [3.05, 3.63) is 41.2 Å². The van der Waals surface area contributed by atoms with Crippen LogP contribution in [-0.2, 0) is 16.9 Å². The van der Waals surface area contributed by atoms with E-state index < -0.39 is 46.6 Å². The van der Waals surface area contributed by atoms with Crippen molar-refractivity contribution >= 4 is 28.1 Å². The third kappa shape index (κ3) is 4.89. The highest BCUT2D eigenvalue weighted by atomic mass is 32.2. The molecule has 0 bridgehead atoms. The van der Waals surface area contributed by atoms with Gasteiger partial charge in [0, 0.05) is 43.5 Å². The Bertz CT molecular complexity index is 1060. The first-order chi connectivity index (χ1) is 14.8. The zero-order chi connectivity index (χ0) is 23.8. The van der Waals surface area contributed by atoms with Crippen LogP contribution in [-0.4, -0.2) is 41.1 Å². The Balaban J connectivity index is 2.04. The van der Waals surface area contributed by atoms with Gasteiger partial charge in [-0.3, -0.25) is 9.57 Å². The lowest BCUT2D eigenvalue weighted by Gasteiger charge is -2.38. The number of carbonyl (C=O) groups excluding carboxylic acids is 1. The molecule has 0 aromatic carbocycles. The molecular formula is C20H22F5N5OS. The van der Waals surface area contributed by atoms with E-state index in [1.54, 1.807) is 6.26 Å². The quantitative estimate of drug-likeness (QED) is 0.616. The van der Waals surface area contributed by atoms with Gasteiger partial charge in [-0.15, -0.1) is 0 Å². The van der Waals surface area contributed by atoms with Crippen LogP contribution in [0.1, 0.15) is 34.8 Å².